The van der Waals surface area contributed by atoms with Crippen molar-refractivity contribution in [3.05, 3.63) is 22.8 Å². The van der Waals surface area contributed by atoms with Crippen LogP contribution in [0.3, 0.4) is 0 Å². The van der Waals surface area contributed by atoms with Gasteiger partial charge in [0.25, 0.3) is 5.91 Å². The molecule has 0 saturated heterocycles. The lowest BCUT2D eigenvalue weighted by molar-refractivity contribution is 0.0953. The standard InChI is InChI=1S/C11H17ClN4O/c1-2-3-4-5-14-11(17)8-6-9(12)15-10(7-8)16-13/h6-7H,2-5,13H2,1H3,(H,14,17)(H,15,16). The number of nitrogens with zero attached hydrogens (tertiary/aromatic N) is 1. The van der Waals surface area contributed by atoms with Crippen LogP contribution in [0.4, 0.5) is 5.82 Å². The van der Waals surface area contributed by atoms with Crippen LogP contribution in [0.25, 0.3) is 0 Å². The van der Waals surface area contributed by atoms with Crippen molar-refractivity contribution in [3.63, 3.8) is 0 Å². The minimum atomic E-state index is -0.165. The molecule has 1 amide bonds. The van der Waals surface area contributed by atoms with E-state index < -0.39 is 0 Å². The Labute approximate surface area is 106 Å². The van der Waals surface area contributed by atoms with E-state index >= 15 is 0 Å². The Morgan fingerprint density at radius 3 is 2.88 bits per heavy atom. The van der Waals surface area contributed by atoms with Gasteiger partial charge >= 0.3 is 0 Å². The molecule has 0 aliphatic rings. The van der Waals surface area contributed by atoms with Crippen molar-refractivity contribution in [2.45, 2.75) is 26.2 Å². The third kappa shape index (κ3) is 4.58. The van der Waals surface area contributed by atoms with Gasteiger partial charge in [-0.2, -0.15) is 0 Å². The normalized spacial score (nSPS) is 10.1. The zero-order chi connectivity index (χ0) is 12.7. The number of carbonyl (C=O) groups excluding carboxylic acids is 1. The molecule has 0 unspecified atom stereocenters. The molecule has 4 N–H and O–H groups in total. The van der Waals surface area contributed by atoms with Gasteiger partial charge in [-0.1, -0.05) is 31.4 Å². The maximum absolute atomic E-state index is 11.8. The predicted molar refractivity (Wildman–Crippen MR) is 68.9 cm³/mol. The van der Waals surface area contributed by atoms with E-state index in [1.54, 1.807) is 6.07 Å². The molecule has 0 fully saturated rings. The van der Waals surface area contributed by atoms with E-state index in [9.17, 15) is 4.79 Å². The lowest BCUT2D eigenvalue weighted by atomic mass is 10.2. The summed E-state index contributed by atoms with van der Waals surface area (Å²) in [6, 6.07) is 3.07. The molecule has 1 aromatic rings. The second-order valence-electron chi connectivity index (χ2n) is 3.67. The summed E-state index contributed by atoms with van der Waals surface area (Å²) in [5.74, 6) is 5.43. The van der Waals surface area contributed by atoms with Crippen LogP contribution in [-0.4, -0.2) is 17.4 Å². The van der Waals surface area contributed by atoms with E-state index in [0.29, 0.717) is 17.9 Å². The SMILES string of the molecule is CCCCCNC(=O)c1cc(Cl)nc(NN)c1. The van der Waals surface area contributed by atoms with Gasteiger partial charge in [0.15, 0.2) is 0 Å². The summed E-state index contributed by atoms with van der Waals surface area (Å²) in [5, 5.41) is 3.05. The summed E-state index contributed by atoms with van der Waals surface area (Å²) in [7, 11) is 0. The highest BCUT2D eigenvalue weighted by atomic mass is 35.5. The lowest BCUT2D eigenvalue weighted by Crippen LogP contribution is -2.24. The summed E-state index contributed by atoms with van der Waals surface area (Å²) in [4.78, 5) is 15.7. The third-order valence-electron chi connectivity index (χ3n) is 2.27. The Morgan fingerprint density at radius 1 is 1.47 bits per heavy atom. The first kappa shape index (κ1) is 13.7. The Balaban J connectivity index is 2.59. The monoisotopic (exact) mass is 256 g/mol. The number of hydrazine groups is 1. The number of aromatic nitrogens is 1. The topological polar surface area (TPSA) is 80.0 Å². The number of carbonyl (C=O) groups is 1. The summed E-state index contributed by atoms with van der Waals surface area (Å²) >= 11 is 5.77. The smallest absolute Gasteiger partial charge is 0.251 e. The van der Waals surface area contributed by atoms with Gasteiger partial charge in [0.1, 0.15) is 11.0 Å². The number of nitrogens with two attached hydrogens (primary N) is 1. The van der Waals surface area contributed by atoms with Gasteiger partial charge < -0.3 is 10.7 Å². The molecule has 1 rings (SSSR count). The molecule has 0 aromatic carbocycles. The van der Waals surface area contributed by atoms with Crippen molar-refractivity contribution in [1.82, 2.24) is 10.3 Å². The van der Waals surface area contributed by atoms with E-state index in [1.807, 2.05) is 0 Å². The number of unbranched alkanes of at least 4 members (excludes halogenated alkanes) is 2. The van der Waals surface area contributed by atoms with Crippen LogP contribution >= 0.6 is 11.6 Å². The Morgan fingerprint density at radius 2 is 2.24 bits per heavy atom. The lowest BCUT2D eigenvalue weighted by Gasteiger charge is -2.06. The minimum Gasteiger partial charge on any atom is -0.352 e. The average Bonchev–Trinajstić information content (AvgIpc) is 2.33. The number of hydrogen-bond donors (Lipinski definition) is 3. The molecule has 0 radical (unpaired) electrons. The first-order valence-electron chi connectivity index (χ1n) is 5.59. The zero-order valence-corrected chi connectivity index (χ0v) is 10.5. The zero-order valence-electron chi connectivity index (χ0n) is 9.79. The van der Waals surface area contributed by atoms with E-state index in [0.717, 1.165) is 19.3 Å². The molecule has 17 heavy (non-hydrogen) atoms. The summed E-state index contributed by atoms with van der Waals surface area (Å²) < 4.78 is 0. The predicted octanol–water partition coefficient (Wildman–Crippen LogP) is 1.94. The largest absolute Gasteiger partial charge is 0.352 e. The number of amides is 1. The fourth-order valence-electron chi connectivity index (χ4n) is 1.38. The molecule has 1 aromatic heterocycles. The molecule has 0 atom stereocenters. The summed E-state index contributed by atoms with van der Waals surface area (Å²) in [6.07, 6.45) is 3.20. The quantitative estimate of drug-likeness (QED) is 0.315. The summed E-state index contributed by atoms with van der Waals surface area (Å²) in [6.45, 7) is 2.78. The Kier molecular flexibility index (Phi) is 5.72. The number of nitrogens with one attached hydrogen (secondary N) is 2. The molecule has 5 nitrogen and oxygen atoms in total. The highest BCUT2D eigenvalue weighted by molar-refractivity contribution is 6.29. The van der Waals surface area contributed by atoms with Crippen molar-refractivity contribution < 1.29 is 4.79 Å². The maximum atomic E-state index is 11.8. The number of anilines is 1. The molecule has 0 aliphatic heterocycles. The van der Waals surface area contributed by atoms with Gasteiger partial charge in [0.05, 0.1) is 0 Å². The molecule has 0 bridgehead atoms. The van der Waals surface area contributed by atoms with E-state index in [4.69, 9.17) is 17.4 Å². The van der Waals surface area contributed by atoms with Crippen LogP contribution in [-0.2, 0) is 0 Å². The fraction of sp³-hybridized carbons (Fsp3) is 0.455. The van der Waals surface area contributed by atoms with Crippen LogP contribution < -0.4 is 16.6 Å². The first-order chi connectivity index (χ1) is 8.17. The fourth-order valence-corrected chi connectivity index (χ4v) is 1.59. The van der Waals surface area contributed by atoms with Crippen LogP contribution in [0.5, 0.6) is 0 Å². The van der Waals surface area contributed by atoms with Crippen molar-refractivity contribution in [1.29, 1.82) is 0 Å². The van der Waals surface area contributed by atoms with Crippen LogP contribution in [0.1, 0.15) is 36.5 Å². The van der Waals surface area contributed by atoms with Gasteiger partial charge in [0.2, 0.25) is 0 Å². The molecule has 1 heterocycles. The first-order valence-corrected chi connectivity index (χ1v) is 5.97. The molecule has 0 aliphatic carbocycles. The molecule has 6 heteroatoms. The highest BCUT2D eigenvalue weighted by Gasteiger charge is 2.08. The van der Waals surface area contributed by atoms with Crippen molar-refractivity contribution in [2.75, 3.05) is 12.0 Å². The number of halogens is 1. The molecule has 0 spiro atoms. The number of nitrogen functional groups attached to an aromatic ring is 1. The molecule has 0 saturated carbocycles. The highest BCUT2D eigenvalue weighted by Crippen LogP contribution is 2.13. The van der Waals surface area contributed by atoms with Gasteiger partial charge in [-0.3, -0.25) is 4.79 Å². The van der Waals surface area contributed by atoms with Crippen LogP contribution in [0.15, 0.2) is 12.1 Å². The third-order valence-corrected chi connectivity index (χ3v) is 2.46. The molecule has 94 valence electrons. The van der Waals surface area contributed by atoms with Crippen LogP contribution in [0.2, 0.25) is 5.15 Å². The van der Waals surface area contributed by atoms with Gasteiger partial charge in [0, 0.05) is 12.1 Å². The van der Waals surface area contributed by atoms with Crippen molar-refractivity contribution in [3.8, 4) is 0 Å². The number of pyridine rings is 1. The van der Waals surface area contributed by atoms with Gasteiger partial charge in [-0.05, 0) is 18.6 Å². The van der Waals surface area contributed by atoms with Crippen molar-refractivity contribution >= 4 is 23.3 Å². The molecular formula is C11H17ClN4O. The second-order valence-corrected chi connectivity index (χ2v) is 4.06. The van der Waals surface area contributed by atoms with E-state index in [-0.39, 0.29) is 11.1 Å². The summed E-state index contributed by atoms with van der Waals surface area (Å²) in [5.41, 5.74) is 2.82. The van der Waals surface area contributed by atoms with Crippen molar-refractivity contribution in [2.24, 2.45) is 5.84 Å². The van der Waals surface area contributed by atoms with E-state index in [1.165, 1.54) is 6.07 Å². The maximum Gasteiger partial charge on any atom is 0.251 e. The van der Waals surface area contributed by atoms with Gasteiger partial charge in [-0.25, -0.2) is 10.8 Å². The van der Waals surface area contributed by atoms with Crippen LogP contribution in [0, 0.1) is 0 Å². The Bertz CT molecular complexity index is 384. The van der Waals surface area contributed by atoms with Gasteiger partial charge in [-0.15, -0.1) is 0 Å². The average molecular weight is 257 g/mol. The number of hydrogen-bond acceptors (Lipinski definition) is 4. The molecular weight excluding hydrogens is 240 g/mol. The Hall–Kier alpha value is -1.33. The number of rotatable bonds is 6. The second kappa shape index (κ2) is 7.09. The van der Waals surface area contributed by atoms with E-state index in [2.05, 4.69) is 22.7 Å². The minimum absolute atomic E-state index is 0.165.